The SMILES string of the molecule is O=C(O)/C=C/c1cc(F)c(C(F)(F)F)cc1Br. The highest BCUT2D eigenvalue weighted by Gasteiger charge is 2.34. The van der Waals surface area contributed by atoms with Crippen molar-refractivity contribution in [1.82, 2.24) is 0 Å². The van der Waals surface area contributed by atoms with Gasteiger partial charge in [0.25, 0.3) is 0 Å². The fraction of sp³-hybridized carbons (Fsp3) is 0.100. The number of carbonyl (C=O) groups is 1. The number of hydrogen-bond donors (Lipinski definition) is 1. The van der Waals surface area contributed by atoms with Gasteiger partial charge in [0.05, 0.1) is 5.56 Å². The van der Waals surface area contributed by atoms with Crippen LogP contribution in [-0.4, -0.2) is 11.1 Å². The minimum absolute atomic E-state index is 0.0119. The van der Waals surface area contributed by atoms with Gasteiger partial charge in [0, 0.05) is 10.5 Å². The van der Waals surface area contributed by atoms with E-state index in [2.05, 4.69) is 15.9 Å². The van der Waals surface area contributed by atoms with E-state index in [9.17, 15) is 22.4 Å². The van der Waals surface area contributed by atoms with Crippen LogP contribution in [0.15, 0.2) is 22.7 Å². The molecule has 2 nitrogen and oxygen atoms in total. The summed E-state index contributed by atoms with van der Waals surface area (Å²) in [6.45, 7) is 0. The lowest BCUT2D eigenvalue weighted by Gasteiger charge is -2.09. The molecular formula is C10H5BrF4O2. The van der Waals surface area contributed by atoms with Gasteiger partial charge in [0.15, 0.2) is 0 Å². The first-order valence-electron chi connectivity index (χ1n) is 4.19. The van der Waals surface area contributed by atoms with Crippen LogP contribution < -0.4 is 0 Å². The van der Waals surface area contributed by atoms with Gasteiger partial charge >= 0.3 is 12.1 Å². The third-order valence-corrected chi connectivity index (χ3v) is 2.48. The summed E-state index contributed by atoms with van der Waals surface area (Å²) in [5, 5.41) is 8.34. The van der Waals surface area contributed by atoms with E-state index in [1.165, 1.54) is 0 Å². The van der Waals surface area contributed by atoms with E-state index in [0.717, 1.165) is 6.08 Å². The Morgan fingerprint density at radius 1 is 1.35 bits per heavy atom. The Bertz CT molecular complexity index is 480. The van der Waals surface area contributed by atoms with Crippen LogP contribution in [0.2, 0.25) is 0 Å². The van der Waals surface area contributed by atoms with Crippen LogP contribution in [0.3, 0.4) is 0 Å². The van der Waals surface area contributed by atoms with Crippen LogP contribution in [0.4, 0.5) is 17.6 Å². The molecule has 7 heteroatoms. The number of halogens is 5. The minimum Gasteiger partial charge on any atom is -0.478 e. The second kappa shape index (κ2) is 4.87. The molecular weight excluding hydrogens is 308 g/mol. The monoisotopic (exact) mass is 312 g/mol. The minimum atomic E-state index is -4.79. The van der Waals surface area contributed by atoms with Crippen LogP contribution in [0.1, 0.15) is 11.1 Å². The van der Waals surface area contributed by atoms with Crippen molar-refractivity contribution in [3.8, 4) is 0 Å². The predicted octanol–water partition coefficient (Wildman–Crippen LogP) is 3.70. The van der Waals surface area contributed by atoms with Crippen molar-refractivity contribution >= 4 is 28.0 Å². The molecule has 0 spiro atoms. The number of carboxylic acid groups (broad SMARTS) is 1. The zero-order valence-electron chi connectivity index (χ0n) is 8.05. The first-order chi connectivity index (χ1) is 7.71. The first kappa shape index (κ1) is 13.7. The van der Waals surface area contributed by atoms with Crippen molar-refractivity contribution in [2.24, 2.45) is 0 Å². The van der Waals surface area contributed by atoms with Gasteiger partial charge in [-0.2, -0.15) is 13.2 Å². The summed E-state index contributed by atoms with van der Waals surface area (Å²) in [6.07, 6.45) is -3.09. The lowest BCUT2D eigenvalue weighted by atomic mass is 10.1. The first-order valence-corrected chi connectivity index (χ1v) is 4.98. The fourth-order valence-electron chi connectivity index (χ4n) is 1.07. The largest absolute Gasteiger partial charge is 0.478 e. The van der Waals surface area contributed by atoms with Gasteiger partial charge in [0.1, 0.15) is 5.82 Å². The summed E-state index contributed by atoms with van der Waals surface area (Å²) in [5.74, 6) is -2.73. The smallest absolute Gasteiger partial charge is 0.419 e. The van der Waals surface area contributed by atoms with E-state index in [4.69, 9.17) is 5.11 Å². The van der Waals surface area contributed by atoms with Crippen molar-refractivity contribution in [3.05, 3.63) is 39.6 Å². The Balaban J connectivity index is 3.23. The number of carboxylic acids is 1. The van der Waals surface area contributed by atoms with Gasteiger partial charge in [-0.15, -0.1) is 0 Å². The zero-order chi connectivity index (χ0) is 13.2. The third-order valence-electron chi connectivity index (χ3n) is 1.80. The van der Waals surface area contributed by atoms with E-state index < -0.39 is 23.5 Å². The molecule has 1 rings (SSSR count). The maximum atomic E-state index is 13.1. The van der Waals surface area contributed by atoms with Gasteiger partial charge in [-0.05, 0) is 23.8 Å². The Kier molecular flexibility index (Phi) is 3.92. The molecule has 1 N–H and O–H groups in total. The van der Waals surface area contributed by atoms with Gasteiger partial charge in [-0.1, -0.05) is 15.9 Å². The molecule has 0 aliphatic carbocycles. The molecule has 1 aromatic carbocycles. The van der Waals surface area contributed by atoms with Crippen molar-refractivity contribution in [1.29, 1.82) is 0 Å². The van der Waals surface area contributed by atoms with Gasteiger partial charge in [0.2, 0.25) is 0 Å². The summed E-state index contributed by atoms with van der Waals surface area (Å²) < 4.78 is 50.0. The molecule has 92 valence electrons. The van der Waals surface area contributed by atoms with Crippen LogP contribution in [0.5, 0.6) is 0 Å². The molecule has 0 aromatic heterocycles. The van der Waals surface area contributed by atoms with E-state index >= 15 is 0 Å². The molecule has 0 aliphatic heterocycles. The molecule has 0 saturated carbocycles. The van der Waals surface area contributed by atoms with Gasteiger partial charge in [-0.25, -0.2) is 9.18 Å². The summed E-state index contributed by atoms with van der Waals surface area (Å²) >= 11 is 2.81. The Labute approximate surface area is 102 Å². The third kappa shape index (κ3) is 3.55. The van der Waals surface area contributed by atoms with Crippen molar-refractivity contribution in [2.45, 2.75) is 6.18 Å². The number of alkyl halides is 3. The standard InChI is InChI=1S/C10H5BrF4O2/c11-7-4-6(10(13,14)15)8(12)3-5(7)1-2-9(16)17/h1-4H,(H,16,17)/b2-1+. The van der Waals surface area contributed by atoms with E-state index in [1.807, 2.05) is 0 Å². The average molecular weight is 313 g/mol. The Hall–Kier alpha value is -1.37. The maximum absolute atomic E-state index is 13.1. The summed E-state index contributed by atoms with van der Waals surface area (Å²) in [7, 11) is 0. The second-order valence-electron chi connectivity index (χ2n) is 3.02. The second-order valence-corrected chi connectivity index (χ2v) is 3.88. The molecule has 0 radical (unpaired) electrons. The predicted molar refractivity (Wildman–Crippen MR) is 55.8 cm³/mol. The maximum Gasteiger partial charge on any atom is 0.419 e. The number of aliphatic carboxylic acids is 1. The molecule has 0 atom stereocenters. The summed E-state index contributed by atoms with van der Waals surface area (Å²) in [6, 6.07) is 1.18. The molecule has 0 saturated heterocycles. The quantitative estimate of drug-likeness (QED) is 0.668. The van der Waals surface area contributed by atoms with Gasteiger partial charge < -0.3 is 5.11 Å². The lowest BCUT2D eigenvalue weighted by molar-refractivity contribution is -0.140. The highest BCUT2D eigenvalue weighted by Crippen LogP contribution is 2.34. The Morgan fingerprint density at radius 3 is 2.41 bits per heavy atom. The number of benzene rings is 1. The molecule has 0 unspecified atom stereocenters. The number of rotatable bonds is 2. The highest BCUT2D eigenvalue weighted by molar-refractivity contribution is 9.10. The zero-order valence-corrected chi connectivity index (χ0v) is 9.64. The molecule has 0 heterocycles. The van der Waals surface area contributed by atoms with Crippen LogP contribution >= 0.6 is 15.9 Å². The summed E-state index contributed by atoms with van der Waals surface area (Å²) in [5.41, 5.74) is -1.39. The van der Waals surface area contributed by atoms with E-state index in [1.54, 1.807) is 0 Å². The van der Waals surface area contributed by atoms with Crippen molar-refractivity contribution in [3.63, 3.8) is 0 Å². The lowest BCUT2D eigenvalue weighted by Crippen LogP contribution is -2.08. The van der Waals surface area contributed by atoms with Crippen molar-refractivity contribution in [2.75, 3.05) is 0 Å². The van der Waals surface area contributed by atoms with E-state index in [0.29, 0.717) is 18.2 Å². The molecule has 0 amide bonds. The average Bonchev–Trinajstić information content (AvgIpc) is 2.17. The van der Waals surface area contributed by atoms with Crippen molar-refractivity contribution < 1.29 is 27.5 Å². The molecule has 17 heavy (non-hydrogen) atoms. The van der Waals surface area contributed by atoms with Gasteiger partial charge in [-0.3, -0.25) is 0 Å². The normalized spacial score (nSPS) is 12.1. The number of hydrogen-bond acceptors (Lipinski definition) is 1. The topological polar surface area (TPSA) is 37.3 Å². The highest BCUT2D eigenvalue weighted by atomic mass is 79.9. The Morgan fingerprint density at radius 2 is 1.94 bits per heavy atom. The van der Waals surface area contributed by atoms with E-state index in [-0.39, 0.29) is 10.0 Å². The molecule has 1 aromatic rings. The van der Waals surface area contributed by atoms with Crippen LogP contribution in [0.25, 0.3) is 6.08 Å². The van der Waals surface area contributed by atoms with Crippen LogP contribution in [-0.2, 0) is 11.0 Å². The molecule has 0 fully saturated rings. The summed E-state index contributed by atoms with van der Waals surface area (Å²) in [4.78, 5) is 10.2. The molecule has 0 bridgehead atoms. The van der Waals surface area contributed by atoms with Crippen LogP contribution in [0, 0.1) is 5.82 Å². The molecule has 0 aliphatic rings. The fourth-order valence-corrected chi connectivity index (χ4v) is 1.54.